The highest BCUT2D eigenvalue weighted by atomic mass is 32.2. The summed E-state index contributed by atoms with van der Waals surface area (Å²) in [6.07, 6.45) is 4.27. The Morgan fingerprint density at radius 1 is 1.50 bits per heavy atom. The fraction of sp³-hybridized carbons (Fsp3) is 0.667. The van der Waals surface area contributed by atoms with Gasteiger partial charge < -0.3 is 9.72 Å². The molecular formula is C9H15N3O3S. The lowest BCUT2D eigenvalue weighted by Crippen LogP contribution is -2.37. The fourth-order valence-electron chi connectivity index (χ4n) is 1.66. The number of hydrogen-bond acceptors (Lipinski definition) is 4. The number of H-pyrrole nitrogens is 1. The summed E-state index contributed by atoms with van der Waals surface area (Å²) in [6, 6.07) is 0. The van der Waals surface area contributed by atoms with E-state index < -0.39 is 10.0 Å². The van der Waals surface area contributed by atoms with Crippen molar-refractivity contribution >= 4 is 10.0 Å². The third kappa shape index (κ3) is 2.81. The first-order valence-electron chi connectivity index (χ1n) is 5.22. The Hall–Kier alpha value is -0.920. The van der Waals surface area contributed by atoms with Gasteiger partial charge in [-0.3, -0.25) is 0 Å². The molecule has 1 aromatic heterocycles. The van der Waals surface area contributed by atoms with Gasteiger partial charge in [0, 0.05) is 25.1 Å². The number of rotatable bonds is 4. The summed E-state index contributed by atoms with van der Waals surface area (Å²) < 4.78 is 31.5. The van der Waals surface area contributed by atoms with E-state index in [1.165, 1.54) is 6.33 Å². The molecule has 0 aliphatic carbocycles. The second-order valence-electron chi connectivity index (χ2n) is 3.75. The Morgan fingerprint density at radius 2 is 2.25 bits per heavy atom. The lowest BCUT2D eigenvalue weighted by Gasteiger charge is -2.22. The van der Waals surface area contributed by atoms with E-state index in [0.29, 0.717) is 26.1 Å². The van der Waals surface area contributed by atoms with Gasteiger partial charge in [0.15, 0.2) is 0 Å². The maximum absolute atomic E-state index is 11.9. The van der Waals surface area contributed by atoms with Crippen LogP contribution >= 0.6 is 0 Å². The van der Waals surface area contributed by atoms with Gasteiger partial charge in [-0.1, -0.05) is 0 Å². The Balaban J connectivity index is 1.91. The van der Waals surface area contributed by atoms with Gasteiger partial charge in [-0.15, -0.1) is 0 Å². The molecule has 0 spiro atoms. The highest BCUT2D eigenvalue weighted by Gasteiger charge is 2.27. The van der Waals surface area contributed by atoms with Crippen LogP contribution in [0.3, 0.4) is 0 Å². The van der Waals surface area contributed by atoms with Crippen molar-refractivity contribution in [3.8, 4) is 0 Å². The number of nitrogens with one attached hydrogen (secondary N) is 2. The molecule has 7 heteroatoms. The first kappa shape index (κ1) is 11.6. The average molecular weight is 245 g/mol. The van der Waals surface area contributed by atoms with E-state index in [9.17, 15) is 8.42 Å². The van der Waals surface area contributed by atoms with E-state index in [4.69, 9.17) is 4.74 Å². The number of aromatic amines is 1. The summed E-state index contributed by atoms with van der Waals surface area (Å²) in [5, 5.41) is -0.329. The minimum atomic E-state index is -3.24. The number of imidazole rings is 1. The van der Waals surface area contributed by atoms with E-state index in [-0.39, 0.29) is 11.8 Å². The molecule has 6 nitrogen and oxygen atoms in total. The predicted octanol–water partition coefficient (Wildman–Crippen LogP) is 0.00810. The van der Waals surface area contributed by atoms with Gasteiger partial charge in [-0.25, -0.2) is 18.1 Å². The highest BCUT2D eigenvalue weighted by molar-refractivity contribution is 7.90. The fourth-order valence-corrected chi connectivity index (χ4v) is 3.07. The van der Waals surface area contributed by atoms with Crippen molar-refractivity contribution in [2.75, 3.05) is 13.2 Å². The topological polar surface area (TPSA) is 84.1 Å². The predicted molar refractivity (Wildman–Crippen MR) is 58.2 cm³/mol. The van der Waals surface area contributed by atoms with E-state index >= 15 is 0 Å². The second kappa shape index (κ2) is 4.94. The summed E-state index contributed by atoms with van der Waals surface area (Å²) in [5.41, 5.74) is 0.760. The van der Waals surface area contributed by atoms with Crippen LogP contribution in [0.5, 0.6) is 0 Å². The zero-order chi connectivity index (χ0) is 11.4. The normalized spacial score (nSPS) is 18.8. The Kier molecular flexibility index (Phi) is 3.57. The van der Waals surface area contributed by atoms with Crippen LogP contribution in [0.1, 0.15) is 18.5 Å². The van der Waals surface area contributed by atoms with E-state index in [0.717, 1.165) is 5.69 Å². The molecule has 0 unspecified atom stereocenters. The molecule has 90 valence electrons. The molecule has 1 aliphatic heterocycles. The lowest BCUT2D eigenvalue weighted by atomic mass is 10.2. The summed E-state index contributed by atoms with van der Waals surface area (Å²) in [5.74, 6) is 0. The molecule has 0 atom stereocenters. The molecule has 2 heterocycles. The molecule has 1 fully saturated rings. The summed E-state index contributed by atoms with van der Waals surface area (Å²) >= 11 is 0. The van der Waals surface area contributed by atoms with Crippen LogP contribution in [-0.2, 0) is 21.3 Å². The van der Waals surface area contributed by atoms with Gasteiger partial charge in [0.1, 0.15) is 0 Å². The molecule has 0 radical (unpaired) electrons. The number of hydrogen-bond donors (Lipinski definition) is 2. The van der Waals surface area contributed by atoms with Crippen LogP contribution in [0.4, 0.5) is 0 Å². The Morgan fingerprint density at radius 3 is 2.88 bits per heavy atom. The van der Waals surface area contributed by atoms with Crippen molar-refractivity contribution in [2.45, 2.75) is 24.6 Å². The van der Waals surface area contributed by atoms with Crippen molar-refractivity contribution in [1.82, 2.24) is 14.7 Å². The van der Waals surface area contributed by atoms with Crippen LogP contribution in [0.25, 0.3) is 0 Å². The summed E-state index contributed by atoms with van der Waals surface area (Å²) in [4.78, 5) is 6.67. The first-order valence-corrected chi connectivity index (χ1v) is 6.76. The van der Waals surface area contributed by atoms with Crippen LogP contribution in [0.15, 0.2) is 12.5 Å². The molecule has 0 amide bonds. The zero-order valence-electron chi connectivity index (χ0n) is 8.85. The number of aromatic nitrogens is 2. The summed E-state index contributed by atoms with van der Waals surface area (Å²) in [7, 11) is -3.24. The average Bonchev–Trinajstić information content (AvgIpc) is 2.81. The Labute approximate surface area is 94.5 Å². The zero-order valence-corrected chi connectivity index (χ0v) is 9.66. The Bertz CT molecular complexity index is 409. The van der Waals surface area contributed by atoms with Crippen LogP contribution in [-0.4, -0.2) is 36.8 Å². The first-order chi connectivity index (χ1) is 7.68. The maximum Gasteiger partial charge on any atom is 0.215 e. The van der Waals surface area contributed by atoms with Crippen LogP contribution in [0.2, 0.25) is 0 Å². The molecule has 16 heavy (non-hydrogen) atoms. The second-order valence-corrected chi connectivity index (χ2v) is 5.80. The molecule has 2 N–H and O–H groups in total. The van der Waals surface area contributed by atoms with E-state index in [1.807, 2.05) is 0 Å². The molecule has 0 saturated carbocycles. The molecule has 1 aromatic rings. The number of nitrogens with zero attached hydrogens (tertiary/aromatic N) is 1. The van der Waals surface area contributed by atoms with Gasteiger partial charge in [0.05, 0.1) is 18.1 Å². The highest BCUT2D eigenvalue weighted by Crippen LogP contribution is 2.14. The van der Waals surface area contributed by atoms with Gasteiger partial charge >= 0.3 is 0 Å². The molecule has 0 bridgehead atoms. The van der Waals surface area contributed by atoms with Gasteiger partial charge in [-0.05, 0) is 12.8 Å². The number of sulfonamides is 1. The number of ether oxygens (including phenoxy) is 1. The van der Waals surface area contributed by atoms with Crippen molar-refractivity contribution in [1.29, 1.82) is 0 Å². The molecule has 0 aromatic carbocycles. The lowest BCUT2D eigenvalue weighted by molar-refractivity contribution is 0.0981. The molecule has 1 aliphatic rings. The van der Waals surface area contributed by atoms with Crippen molar-refractivity contribution in [3.05, 3.63) is 18.2 Å². The smallest absolute Gasteiger partial charge is 0.215 e. The van der Waals surface area contributed by atoms with Crippen LogP contribution in [0, 0.1) is 0 Å². The van der Waals surface area contributed by atoms with Gasteiger partial charge in [0.25, 0.3) is 0 Å². The van der Waals surface area contributed by atoms with E-state index in [1.54, 1.807) is 6.20 Å². The molecule has 2 rings (SSSR count). The van der Waals surface area contributed by atoms with Gasteiger partial charge in [0.2, 0.25) is 10.0 Å². The standard InChI is InChI=1S/C9H15N3O3S/c13-16(14,9-1-3-15-4-2-9)12-6-8-5-10-7-11-8/h5,7,9,12H,1-4,6H2,(H,10,11). The third-order valence-electron chi connectivity index (χ3n) is 2.63. The van der Waals surface area contributed by atoms with Crippen molar-refractivity contribution < 1.29 is 13.2 Å². The maximum atomic E-state index is 11.9. The summed E-state index contributed by atoms with van der Waals surface area (Å²) in [6.45, 7) is 1.31. The van der Waals surface area contributed by atoms with E-state index in [2.05, 4.69) is 14.7 Å². The largest absolute Gasteiger partial charge is 0.381 e. The monoisotopic (exact) mass is 245 g/mol. The third-order valence-corrected chi connectivity index (χ3v) is 4.52. The molecule has 1 saturated heterocycles. The van der Waals surface area contributed by atoms with Crippen molar-refractivity contribution in [3.63, 3.8) is 0 Å². The molecular weight excluding hydrogens is 230 g/mol. The minimum Gasteiger partial charge on any atom is -0.381 e. The minimum absolute atomic E-state index is 0.264. The SMILES string of the molecule is O=S(=O)(NCc1cnc[nH]1)C1CCOCC1. The van der Waals surface area contributed by atoms with Gasteiger partial charge in [-0.2, -0.15) is 0 Å². The van der Waals surface area contributed by atoms with Crippen LogP contribution < -0.4 is 4.72 Å². The quantitative estimate of drug-likeness (QED) is 0.782. The van der Waals surface area contributed by atoms with Crippen molar-refractivity contribution in [2.24, 2.45) is 0 Å².